The summed E-state index contributed by atoms with van der Waals surface area (Å²) in [5.41, 5.74) is 12.1. The van der Waals surface area contributed by atoms with Gasteiger partial charge in [-0.1, -0.05) is 12.1 Å². The van der Waals surface area contributed by atoms with Crippen LogP contribution in [0.15, 0.2) is 24.3 Å². The van der Waals surface area contributed by atoms with Crippen LogP contribution in [0.3, 0.4) is 0 Å². The summed E-state index contributed by atoms with van der Waals surface area (Å²) in [4.78, 5) is 59.4. The maximum absolute atomic E-state index is 12.8. The number of rotatable bonds is 15. The molecule has 188 valence electrons. The standard InChI is InChI=1S/C21H31N5O8/c22-8-2-1-3-15(25-19(32)14(23)9-12-4-6-13(27)7-5-12)21(34)26-16(10-17(28)29)20(33)24-11-18(30)31/h4-7,14-16,27H,1-3,8-11,22-23H2,(H,24,33)(H,25,32)(H,26,34)(H,28,29)(H,30,31)/t14-,15-,16-/m0/s1. The van der Waals surface area contributed by atoms with E-state index in [9.17, 15) is 29.1 Å². The number of nitrogens with two attached hydrogens (primary N) is 2. The minimum atomic E-state index is -1.55. The quantitative estimate of drug-likeness (QED) is 0.129. The van der Waals surface area contributed by atoms with E-state index in [4.69, 9.17) is 21.7 Å². The molecular weight excluding hydrogens is 450 g/mol. The van der Waals surface area contributed by atoms with Crippen molar-refractivity contribution in [3.63, 3.8) is 0 Å². The Morgan fingerprint density at radius 3 is 2.03 bits per heavy atom. The fourth-order valence-corrected chi connectivity index (χ4v) is 2.96. The average molecular weight is 482 g/mol. The van der Waals surface area contributed by atoms with Crippen molar-refractivity contribution in [2.45, 2.75) is 50.2 Å². The number of phenols is 1. The molecule has 3 amide bonds. The largest absolute Gasteiger partial charge is 0.508 e. The first kappa shape index (κ1) is 28.3. The van der Waals surface area contributed by atoms with Crippen molar-refractivity contribution in [2.75, 3.05) is 13.1 Å². The first-order chi connectivity index (χ1) is 16.0. The molecule has 0 aliphatic heterocycles. The predicted molar refractivity (Wildman–Crippen MR) is 119 cm³/mol. The smallest absolute Gasteiger partial charge is 0.322 e. The highest BCUT2D eigenvalue weighted by Crippen LogP contribution is 2.11. The molecule has 0 aliphatic rings. The van der Waals surface area contributed by atoms with Gasteiger partial charge in [-0.25, -0.2) is 0 Å². The molecule has 13 heteroatoms. The highest BCUT2D eigenvalue weighted by Gasteiger charge is 2.29. The maximum Gasteiger partial charge on any atom is 0.322 e. The zero-order valence-corrected chi connectivity index (χ0v) is 18.5. The van der Waals surface area contributed by atoms with Crippen LogP contribution in [-0.4, -0.2) is 76.2 Å². The molecule has 0 aromatic heterocycles. The van der Waals surface area contributed by atoms with Crippen LogP contribution in [0, 0.1) is 0 Å². The van der Waals surface area contributed by atoms with E-state index in [2.05, 4.69) is 10.6 Å². The third-order valence-corrected chi connectivity index (χ3v) is 4.73. The van der Waals surface area contributed by atoms with Crippen LogP contribution in [-0.2, 0) is 30.4 Å². The zero-order chi connectivity index (χ0) is 25.7. The Balaban J connectivity index is 2.88. The van der Waals surface area contributed by atoms with Gasteiger partial charge in [0.05, 0.1) is 12.5 Å². The number of nitrogens with one attached hydrogen (secondary N) is 3. The first-order valence-electron chi connectivity index (χ1n) is 10.6. The molecule has 10 N–H and O–H groups in total. The van der Waals surface area contributed by atoms with Crippen LogP contribution >= 0.6 is 0 Å². The van der Waals surface area contributed by atoms with Crippen molar-refractivity contribution in [1.82, 2.24) is 16.0 Å². The summed E-state index contributed by atoms with van der Waals surface area (Å²) >= 11 is 0. The van der Waals surface area contributed by atoms with Gasteiger partial charge in [-0.15, -0.1) is 0 Å². The number of carboxylic acids is 2. The minimum absolute atomic E-state index is 0.0571. The summed E-state index contributed by atoms with van der Waals surface area (Å²) in [6, 6.07) is 2.38. The van der Waals surface area contributed by atoms with Crippen LogP contribution in [0.2, 0.25) is 0 Å². The highest BCUT2D eigenvalue weighted by atomic mass is 16.4. The van der Waals surface area contributed by atoms with Gasteiger partial charge in [-0.2, -0.15) is 0 Å². The molecular formula is C21H31N5O8. The average Bonchev–Trinajstić information content (AvgIpc) is 2.77. The molecule has 0 saturated heterocycles. The molecule has 1 aromatic carbocycles. The van der Waals surface area contributed by atoms with Gasteiger partial charge in [0.1, 0.15) is 24.4 Å². The number of hydrogen-bond acceptors (Lipinski definition) is 8. The Kier molecular flexibility index (Phi) is 12.0. The van der Waals surface area contributed by atoms with Crippen molar-refractivity contribution in [1.29, 1.82) is 0 Å². The van der Waals surface area contributed by atoms with Crippen molar-refractivity contribution < 1.29 is 39.3 Å². The van der Waals surface area contributed by atoms with E-state index in [0.717, 1.165) is 0 Å². The van der Waals surface area contributed by atoms with E-state index < -0.39 is 60.8 Å². The topological polar surface area (TPSA) is 234 Å². The van der Waals surface area contributed by atoms with E-state index in [-0.39, 0.29) is 18.6 Å². The third-order valence-electron chi connectivity index (χ3n) is 4.73. The van der Waals surface area contributed by atoms with Gasteiger partial charge in [0, 0.05) is 0 Å². The maximum atomic E-state index is 12.8. The number of unbranched alkanes of at least 4 members (excludes halogenated alkanes) is 1. The number of aliphatic carboxylic acids is 2. The molecule has 0 aliphatic carbocycles. The van der Waals surface area contributed by atoms with Gasteiger partial charge < -0.3 is 42.7 Å². The lowest BCUT2D eigenvalue weighted by Crippen LogP contribution is -2.56. The van der Waals surface area contributed by atoms with Crippen molar-refractivity contribution in [2.24, 2.45) is 11.5 Å². The number of carbonyl (C=O) groups excluding carboxylic acids is 3. The lowest BCUT2D eigenvalue weighted by molar-refractivity contribution is -0.141. The normalized spacial score (nSPS) is 13.2. The number of carbonyl (C=O) groups is 5. The Morgan fingerprint density at radius 2 is 1.47 bits per heavy atom. The van der Waals surface area contributed by atoms with Gasteiger partial charge in [-0.05, 0) is 49.9 Å². The van der Waals surface area contributed by atoms with Crippen LogP contribution in [0.5, 0.6) is 5.75 Å². The summed E-state index contributed by atoms with van der Waals surface area (Å²) in [5.74, 6) is -5.14. The van der Waals surface area contributed by atoms with E-state index in [1.54, 1.807) is 12.1 Å². The summed E-state index contributed by atoms with van der Waals surface area (Å²) < 4.78 is 0. The molecule has 0 bridgehead atoms. The SMILES string of the molecule is NCCCC[C@H](NC(=O)[C@@H](N)Cc1ccc(O)cc1)C(=O)N[C@@H](CC(=O)O)C(=O)NCC(=O)O. The van der Waals surface area contributed by atoms with E-state index in [1.807, 2.05) is 5.32 Å². The van der Waals surface area contributed by atoms with Gasteiger partial charge in [0.15, 0.2) is 0 Å². The van der Waals surface area contributed by atoms with Crippen molar-refractivity contribution >= 4 is 29.7 Å². The van der Waals surface area contributed by atoms with Crippen molar-refractivity contribution in [3.8, 4) is 5.75 Å². The number of phenolic OH excluding ortho intramolecular Hbond substituents is 1. The lowest BCUT2D eigenvalue weighted by atomic mass is 10.0. The lowest BCUT2D eigenvalue weighted by Gasteiger charge is -2.23. The minimum Gasteiger partial charge on any atom is -0.508 e. The molecule has 3 atom stereocenters. The molecule has 0 saturated carbocycles. The molecule has 13 nitrogen and oxygen atoms in total. The third kappa shape index (κ3) is 10.7. The van der Waals surface area contributed by atoms with Gasteiger partial charge >= 0.3 is 11.9 Å². The molecule has 0 unspecified atom stereocenters. The zero-order valence-electron chi connectivity index (χ0n) is 18.5. The number of benzene rings is 1. The highest BCUT2D eigenvalue weighted by molar-refractivity contribution is 5.95. The molecule has 1 rings (SSSR count). The molecule has 0 heterocycles. The number of hydrogen-bond donors (Lipinski definition) is 8. The second-order valence-corrected chi connectivity index (χ2v) is 7.59. The monoisotopic (exact) mass is 481 g/mol. The molecule has 0 spiro atoms. The fraction of sp³-hybridized carbons (Fsp3) is 0.476. The molecule has 0 radical (unpaired) electrons. The first-order valence-corrected chi connectivity index (χ1v) is 10.6. The molecule has 34 heavy (non-hydrogen) atoms. The summed E-state index contributed by atoms with van der Waals surface area (Å²) in [7, 11) is 0. The Hall–Kier alpha value is -3.71. The summed E-state index contributed by atoms with van der Waals surface area (Å²) in [6.45, 7) is -0.407. The van der Waals surface area contributed by atoms with Crippen LogP contribution < -0.4 is 27.4 Å². The van der Waals surface area contributed by atoms with Gasteiger partial charge in [-0.3, -0.25) is 24.0 Å². The second-order valence-electron chi connectivity index (χ2n) is 7.59. The van der Waals surface area contributed by atoms with Crippen LogP contribution in [0.4, 0.5) is 0 Å². The van der Waals surface area contributed by atoms with Crippen LogP contribution in [0.1, 0.15) is 31.2 Å². The van der Waals surface area contributed by atoms with E-state index in [0.29, 0.717) is 24.9 Å². The summed E-state index contributed by atoms with van der Waals surface area (Å²) in [6.07, 6.45) is 0.495. The van der Waals surface area contributed by atoms with Gasteiger partial charge in [0.25, 0.3) is 0 Å². The second kappa shape index (κ2) is 14.4. The molecule has 1 aromatic rings. The van der Waals surface area contributed by atoms with Crippen LogP contribution in [0.25, 0.3) is 0 Å². The number of carboxylic acid groups (broad SMARTS) is 2. The van der Waals surface area contributed by atoms with E-state index in [1.165, 1.54) is 12.1 Å². The number of aromatic hydroxyl groups is 1. The number of amides is 3. The summed E-state index contributed by atoms with van der Waals surface area (Å²) in [5, 5.41) is 33.9. The Labute approximate surface area is 195 Å². The Morgan fingerprint density at radius 1 is 0.853 bits per heavy atom. The Bertz CT molecular complexity index is 861. The van der Waals surface area contributed by atoms with E-state index >= 15 is 0 Å². The predicted octanol–water partition coefficient (Wildman–Crippen LogP) is -1.96. The molecule has 0 fully saturated rings. The van der Waals surface area contributed by atoms with Gasteiger partial charge in [0.2, 0.25) is 17.7 Å². The fourth-order valence-electron chi connectivity index (χ4n) is 2.96. The van der Waals surface area contributed by atoms with Crippen molar-refractivity contribution in [3.05, 3.63) is 29.8 Å².